The first-order valence-corrected chi connectivity index (χ1v) is 6.88. The molecule has 16 heavy (non-hydrogen) atoms. The molecule has 0 amide bonds. The van der Waals surface area contributed by atoms with Crippen LogP contribution in [0.3, 0.4) is 0 Å². The fourth-order valence-corrected chi connectivity index (χ4v) is 4.84. The van der Waals surface area contributed by atoms with E-state index in [1.54, 1.807) is 0 Å². The van der Waals surface area contributed by atoms with Crippen LogP contribution < -0.4 is 5.73 Å². The maximum absolute atomic E-state index is 6.31. The van der Waals surface area contributed by atoms with Crippen molar-refractivity contribution in [3.8, 4) is 0 Å². The Morgan fingerprint density at radius 3 is 1.75 bits per heavy atom. The second-order valence-corrected chi connectivity index (χ2v) is 8.34. The monoisotopic (exact) mass is 223 g/mol. The Labute approximate surface area is 101 Å². The highest BCUT2D eigenvalue weighted by Crippen LogP contribution is 2.62. The minimum atomic E-state index is 0.412. The lowest BCUT2D eigenvalue weighted by molar-refractivity contribution is 0.0171. The predicted octanol–water partition coefficient (Wildman–Crippen LogP) is 3.68. The molecule has 2 N–H and O–H groups in total. The fraction of sp³-hybridized carbons (Fsp3) is 1.00. The average Bonchev–Trinajstić information content (AvgIpc) is 2.55. The number of hydrogen-bond acceptors (Lipinski definition) is 1. The molecule has 1 nitrogen and oxygen atoms in total. The van der Waals surface area contributed by atoms with Crippen molar-refractivity contribution < 1.29 is 0 Å². The summed E-state index contributed by atoms with van der Waals surface area (Å²) in [7, 11) is 0. The molecule has 0 aliphatic heterocycles. The second kappa shape index (κ2) is 3.48. The van der Waals surface area contributed by atoms with Crippen LogP contribution >= 0.6 is 0 Å². The van der Waals surface area contributed by atoms with E-state index in [0.717, 1.165) is 23.7 Å². The highest BCUT2D eigenvalue weighted by molar-refractivity contribution is 5.08. The molecular formula is C15H29N. The van der Waals surface area contributed by atoms with Crippen LogP contribution in [-0.2, 0) is 0 Å². The summed E-state index contributed by atoms with van der Waals surface area (Å²) in [6.45, 7) is 14.5. The predicted molar refractivity (Wildman–Crippen MR) is 70.1 cm³/mol. The molecule has 0 aromatic carbocycles. The van der Waals surface area contributed by atoms with Gasteiger partial charge in [0.05, 0.1) is 0 Å². The van der Waals surface area contributed by atoms with E-state index in [-0.39, 0.29) is 0 Å². The smallest absolute Gasteiger partial charge is 0.00729 e. The SMILES string of the molecule is CC(C)(C)C1C2CC(N)C(C2)C1C(C)(C)C. The number of nitrogens with two attached hydrogens (primary N) is 1. The molecule has 2 aliphatic carbocycles. The van der Waals surface area contributed by atoms with Crippen molar-refractivity contribution in [2.45, 2.75) is 60.4 Å². The third kappa shape index (κ3) is 1.81. The van der Waals surface area contributed by atoms with Crippen molar-refractivity contribution >= 4 is 0 Å². The Hall–Kier alpha value is -0.0400. The lowest BCUT2D eigenvalue weighted by Crippen LogP contribution is -2.46. The molecule has 0 radical (unpaired) electrons. The van der Waals surface area contributed by atoms with Gasteiger partial charge in [-0.1, -0.05) is 41.5 Å². The molecule has 1 heteroatoms. The van der Waals surface area contributed by atoms with E-state index >= 15 is 0 Å². The van der Waals surface area contributed by atoms with Gasteiger partial charge in [0.15, 0.2) is 0 Å². The van der Waals surface area contributed by atoms with E-state index in [1.807, 2.05) is 0 Å². The first-order chi connectivity index (χ1) is 7.12. The van der Waals surface area contributed by atoms with Gasteiger partial charge in [-0.3, -0.25) is 0 Å². The molecule has 0 aromatic rings. The zero-order valence-corrected chi connectivity index (χ0v) is 11.9. The van der Waals surface area contributed by atoms with E-state index in [2.05, 4.69) is 41.5 Å². The third-order valence-corrected chi connectivity index (χ3v) is 5.06. The maximum Gasteiger partial charge on any atom is 0.00729 e. The standard InChI is InChI=1S/C15H29N/c1-14(2,3)12-9-7-10(11(16)8-9)13(12)15(4,5)6/h9-13H,7-8,16H2,1-6H3. The summed E-state index contributed by atoms with van der Waals surface area (Å²) < 4.78 is 0. The number of hydrogen-bond donors (Lipinski definition) is 1. The molecule has 2 bridgehead atoms. The lowest BCUT2D eigenvalue weighted by atomic mass is 9.58. The van der Waals surface area contributed by atoms with Crippen LogP contribution in [0, 0.1) is 34.5 Å². The summed E-state index contributed by atoms with van der Waals surface area (Å²) in [4.78, 5) is 0. The van der Waals surface area contributed by atoms with Crippen molar-refractivity contribution in [2.75, 3.05) is 0 Å². The summed E-state index contributed by atoms with van der Waals surface area (Å²) in [5.74, 6) is 3.37. The summed E-state index contributed by atoms with van der Waals surface area (Å²) in [5.41, 5.74) is 7.17. The van der Waals surface area contributed by atoms with Gasteiger partial charge in [-0.15, -0.1) is 0 Å². The van der Waals surface area contributed by atoms with Crippen LogP contribution in [0.4, 0.5) is 0 Å². The Kier molecular flexibility index (Phi) is 2.70. The van der Waals surface area contributed by atoms with Crippen LogP contribution in [0.1, 0.15) is 54.4 Å². The number of fused-ring (bicyclic) bond motifs is 2. The largest absolute Gasteiger partial charge is 0.327 e. The van der Waals surface area contributed by atoms with Gasteiger partial charge in [0, 0.05) is 6.04 Å². The zero-order valence-electron chi connectivity index (χ0n) is 11.9. The Bertz CT molecular complexity index is 268. The van der Waals surface area contributed by atoms with Crippen molar-refractivity contribution in [1.82, 2.24) is 0 Å². The van der Waals surface area contributed by atoms with Crippen molar-refractivity contribution in [1.29, 1.82) is 0 Å². The molecule has 0 aromatic heterocycles. The van der Waals surface area contributed by atoms with Gasteiger partial charge in [0.2, 0.25) is 0 Å². The molecule has 0 saturated heterocycles. The molecule has 94 valence electrons. The van der Waals surface area contributed by atoms with E-state index in [0.29, 0.717) is 16.9 Å². The van der Waals surface area contributed by atoms with E-state index < -0.39 is 0 Å². The zero-order chi connectivity index (χ0) is 12.3. The summed E-state index contributed by atoms with van der Waals surface area (Å²) in [5, 5.41) is 0. The second-order valence-electron chi connectivity index (χ2n) is 8.34. The highest BCUT2D eigenvalue weighted by Gasteiger charge is 2.57. The van der Waals surface area contributed by atoms with Gasteiger partial charge in [0.25, 0.3) is 0 Å². The number of rotatable bonds is 0. The van der Waals surface area contributed by atoms with Crippen LogP contribution in [0.2, 0.25) is 0 Å². The van der Waals surface area contributed by atoms with Gasteiger partial charge in [-0.05, 0) is 47.3 Å². The quantitative estimate of drug-likeness (QED) is 0.666. The van der Waals surface area contributed by atoms with Crippen LogP contribution in [0.5, 0.6) is 0 Å². The Balaban J connectivity index is 2.32. The highest BCUT2D eigenvalue weighted by atomic mass is 14.8. The van der Waals surface area contributed by atoms with Crippen molar-refractivity contribution in [2.24, 2.45) is 40.2 Å². The first-order valence-electron chi connectivity index (χ1n) is 6.88. The van der Waals surface area contributed by atoms with Crippen LogP contribution in [0.25, 0.3) is 0 Å². The average molecular weight is 223 g/mol. The molecular weight excluding hydrogens is 194 g/mol. The molecule has 2 rings (SSSR count). The summed E-state index contributed by atoms with van der Waals surface area (Å²) in [6.07, 6.45) is 2.67. The first kappa shape index (κ1) is 12.4. The maximum atomic E-state index is 6.31. The normalized spacial score (nSPS) is 44.1. The Morgan fingerprint density at radius 2 is 1.31 bits per heavy atom. The van der Waals surface area contributed by atoms with Gasteiger partial charge < -0.3 is 5.73 Å². The molecule has 2 fully saturated rings. The Morgan fingerprint density at radius 1 is 0.812 bits per heavy atom. The minimum Gasteiger partial charge on any atom is -0.327 e. The van der Waals surface area contributed by atoms with Crippen LogP contribution in [-0.4, -0.2) is 6.04 Å². The molecule has 5 unspecified atom stereocenters. The molecule has 2 saturated carbocycles. The summed E-state index contributed by atoms with van der Waals surface area (Å²) in [6, 6.07) is 0.479. The minimum absolute atomic E-state index is 0.412. The third-order valence-electron chi connectivity index (χ3n) is 5.06. The van der Waals surface area contributed by atoms with Gasteiger partial charge >= 0.3 is 0 Å². The lowest BCUT2D eigenvalue weighted by Gasteiger charge is -2.48. The van der Waals surface area contributed by atoms with E-state index in [9.17, 15) is 0 Å². The van der Waals surface area contributed by atoms with Crippen molar-refractivity contribution in [3.05, 3.63) is 0 Å². The van der Waals surface area contributed by atoms with E-state index in [4.69, 9.17) is 5.73 Å². The van der Waals surface area contributed by atoms with E-state index in [1.165, 1.54) is 12.8 Å². The molecule has 0 spiro atoms. The topological polar surface area (TPSA) is 26.0 Å². The molecule has 0 heterocycles. The summed E-state index contributed by atoms with van der Waals surface area (Å²) >= 11 is 0. The fourth-order valence-electron chi connectivity index (χ4n) is 4.84. The molecule has 5 atom stereocenters. The molecule has 2 aliphatic rings. The van der Waals surface area contributed by atoms with Gasteiger partial charge in [-0.2, -0.15) is 0 Å². The van der Waals surface area contributed by atoms with Crippen LogP contribution in [0.15, 0.2) is 0 Å². The van der Waals surface area contributed by atoms with Gasteiger partial charge in [-0.25, -0.2) is 0 Å². The van der Waals surface area contributed by atoms with Gasteiger partial charge in [0.1, 0.15) is 0 Å². The van der Waals surface area contributed by atoms with Crippen molar-refractivity contribution in [3.63, 3.8) is 0 Å².